The van der Waals surface area contributed by atoms with Gasteiger partial charge in [-0.15, -0.1) is 0 Å². The predicted octanol–water partition coefficient (Wildman–Crippen LogP) is 1.12. The van der Waals surface area contributed by atoms with E-state index in [1.54, 1.807) is 0 Å². The lowest BCUT2D eigenvalue weighted by molar-refractivity contribution is 1.57. The van der Waals surface area contributed by atoms with Gasteiger partial charge >= 0.3 is 0 Å². The average Bonchev–Trinajstić information content (AvgIpc) is 1.39. The average molecular weight is 152 g/mol. The molecule has 6 heteroatoms. The van der Waals surface area contributed by atoms with Crippen LogP contribution < -0.4 is 12.3 Å². The van der Waals surface area contributed by atoms with Crippen LogP contribution in [-0.4, -0.2) is 0 Å². The molecule has 0 unspecified atom stereocenters. The normalized spacial score (nSPS) is 2.00. The Hall–Kier alpha value is -0.400. The second-order valence-corrected chi connectivity index (χ2v) is 0.600. The van der Waals surface area contributed by atoms with Crippen LogP contribution in [0.3, 0.4) is 0 Å². The Labute approximate surface area is 59.5 Å². The number of nitriles is 2. The van der Waals surface area contributed by atoms with Crippen LogP contribution in [0.2, 0.25) is 0 Å². The maximum Gasteiger partial charge on any atom is 0.130 e. The third-order valence-corrected chi connectivity index (χ3v) is 0. The minimum absolute atomic E-state index is 0. The third kappa shape index (κ3) is 741. The molecule has 0 aliphatic rings. The van der Waals surface area contributed by atoms with Gasteiger partial charge in [0.1, 0.15) is 10.8 Å². The summed E-state index contributed by atoms with van der Waals surface area (Å²) in [6.45, 7) is 0. The van der Waals surface area contributed by atoms with Crippen LogP contribution in [0.5, 0.6) is 0 Å². The van der Waals surface area contributed by atoms with Crippen LogP contribution >= 0.6 is 25.3 Å². The molecule has 0 aliphatic heterocycles. The first-order valence-corrected chi connectivity index (χ1v) is 1.79. The van der Waals surface area contributed by atoms with Gasteiger partial charge in [-0.2, -0.15) is 10.5 Å². The van der Waals surface area contributed by atoms with E-state index in [0.717, 1.165) is 0 Å². The number of rotatable bonds is 0. The summed E-state index contributed by atoms with van der Waals surface area (Å²) in [7, 11) is 0. The molecule has 0 spiro atoms. The number of thiol groups is 2. The first kappa shape index (κ1) is 25.5. The Bertz CT molecular complexity index is 67.0. The number of hydrogen-bond donors (Lipinski definition) is 4. The predicted molar refractivity (Wildman–Crippen MR) is 39.2 cm³/mol. The molecular formula is C2H8N4S2. The summed E-state index contributed by atoms with van der Waals surface area (Å²) in [5.41, 5.74) is 0. The second-order valence-electron chi connectivity index (χ2n) is 0.200. The van der Waals surface area contributed by atoms with Crippen LogP contribution in [0.25, 0.3) is 0 Å². The van der Waals surface area contributed by atoms with Gasteiger partial charge in [-0.05, 0) is 0 Å². The lowest BCUT2D eigenvalue weighted by Crippen LogP contribution is -0.961. The highest BCUT2D eigenvalue weighted by Gasteiger charge is 1.18. The van der Waals surface area contributed by atoms with Crippen LogP contribution in [0.15, 0.2) is 0 Å². The molecule has 0 bridgehead atoms. The first-order valence-electron chi connectivity index (χ1n) is 0.894. The fraction of sp³-hybridized carbons (Fsp3) is 0. The van der Waals surface area contributed by atoms with E-state index >= 15 is 0 Å². The fourth-order valence-electron chi connectivity index (χ4n) is 0. The van der Waals surface area contributed by atoms with E-state index in [4.69, 9.17) is 10.5 Å². The summed E-state index contributed by atoms with van der Waals surface area (Å²) in [5, 5.41) is 17.3. The smallest absolute Gasteiger partial charge is 0.130 e. The van der Waals surface area contributed by atoms with Crippen LogP contribution in [0.1, 0.15) is 0 Å². The molecule has 0 saturated carbocycles. The third-order valence-electron chi connectivity index (χ3n) is 0. The highest BCUT2D eigenvalue weighted by molar-refractivity contribution is 7.85. The van der Waals surface area contributed by atoms with Gasteiger partial charge in [0.25, 0.3) is 0 Å². The molecule has 0 heterocycles. The van der Waals surface area contributed by atoms with Gasteiger partial charge in [-0.1, -0.05) is 25.3 Å². The van der Waals surface area contributed by atoms with Crippen molar-refractivity contribution in [3.8, 4) is 10.8 Å². The first-order chi connectivity index (χ1) is 2.83. The van der Waals surface area contributed by atoms with E-state index in [0.29, 0.717) is 0 Å². The van der Waals surface area contributed by atoms with Gasteiger partial charge in [0.15, 0.2) is 0 Å². The van der Waals surface area contributed by atoms with Gasteiger partial charge < -0.3 is 12.3 Å². The Morgan fingerprint density at radius 1 is 0.875 bits per heavy atom. The minimum atomic E-state index is 0. The molecule has 0 amide bonds. The van der Waals surface area contributed by atoms with Crippen molar-refractivity contribution in [1.82, 2.24) is 12.3 Å². The van der Waals surface area contributed by atoms with E-state index in [1.165, 1.54) is 10.8 Å². The summed E-state index contributed by atoms with van der Waals surface area (Å²) in [5.74, 6) is 0. The van der Waals surface area contributed by atoms with Gasteiger partial charge in [-0.25, -0.2) is 0 Å². The van der Waals surface area contributed by atoms with E-state index in [9.17, 15) is 0 Å². The van der Waals surface area contributed by atoms with E-state index < -0.39 is 0 Å². The SMILES string of the molecule is N.N.N#CS.N#CS. The highest BCUT2D eigenvalue weighted by atomic mass is 32.1. The Kier molecular flexibility index (Phi) is 258. The monoisotopic (exact) mass is 152 g/mol. The summed E-state index contributed by atoms with van der Waals surface area (Å²) in [6.07, 6.45) is 0. The van der Waals surface area contributed by atoms with Gasteiger partial charge in [0.05, 0.1) is 0 Å². The van der Waals surface area contributed by atoms with Crippen molar-refractivity contribution in [2.24, 2.45) is 0 Å². The van der Waals surface area contributed by atoms with Crippen LogP contribution in [-0.2, 0) is 0 Å². The lowest BCUT2D eigenvalue weighted by atomic mass is 11.8. The fourth-order valence-corrected chi connectivity index (χ4v) is 0. The highest BCUT2D eigenvalue weighted by Crippen LogP contribution is 1.46. The molecule has 0 aromatic rings. The molecule has 0 aromatic carbocycles. The van der Waals surface area contributed by atoms with Gasteiger partial charge in [-0.3, -0.25) is 0 Å². The molecule has 0 aliphatic carbocycles. The summed E-state index contributed by atoms with van der Waals surface area (Å²) in [4.78, 5) is 0. The Balaban J connectivity index is -0.0000000160. The van der Waals surface area contributed by atoms with Crippen molar-refractivity contribution < 1.29 is 0 Å². The van der Waals surface area contributed by atoms with Gasteiger partial charge in [0.2, 0.25) is 0 Å². The van der Waals surface area contributed by atoms with Crippen LogP contribution in [0, 0.1) is 21.3 Å². The molecule has 8 heavy (non-hydrogen) atoms. The van der Waals surface area contributed by atoms with Crippen molar-refractivity contribution in [1.29, 1.82) is 10.5 Å². The van der Waals surface area contributed by atoms with E-state index in [-0.39, 0.29) is 12.3 Å². The standard InChI is InChI=1S/2CHNS.2H3N/c2*2-1-3;;/h2*3H;2*1H3. The Morgan fingerprint density at radius 2 is 0.875 bits per heavy atom. The van der Waals surface area contributed by atoms with Crippen molar-refractivity contribution in [2.45, 2.75) is 0 Å². The maximum atomic E-state index is 7.18. The minimum Gasteiger partial charge on any atom is -0.344 e. The molecule has 0 aromatic heterocycles. The molecule has 6 N–H and O–H groups in total. The topological polar surface area (TPSA) is 118 Å². The zero-order chi connectivity index (χ0) is 5.41. The molecular weight excluding hydrogens is 144 g/mol. The second kappa shape index (κ2) is 80.8. The molecule has 0 atom stereocenters. The quantitative estimate of drug-likeness (QED) is 0.307. The largest absolute Gasteiger partial charge is 0.344 e. The van der Waals surface area contributed by atoms with E-state index in [1.807, 2.05) is 0 Å². The van der Waals surface area contributed by atoms with Crippen molar-refractivity contribution >= 4 is 25.3 Å². The summed E-state index contributed by atoms with van der Waals surface area (Å²) < 4.78 is 0. The van der Waals surface area contributed by atoms with E-state index in [2.05, 4.69) is 25.3 Å². The van der Waals surface area contributed by atoms with Crippen molar-refractivity contribution in [2.75, 3.05) is 0 Å². The number of nitrogens with zero attached hydrogens (tertiary/aromatic N) is 2. The summed E-state index contributed by atoms with van der Waals surface area (Å²) >= 11 is 6.19. The van der Waals surface area contributed by atoms with Gasteiger partial charge in [0, 0.05) is 0 Å². The summed E-state index contributed by atoms with van der Waals surface area (Å²) in [6, 6.07) is 0. The molecule has 0 radical (unpaired) electrons. The number of hydrogen-bond acceptors (Lipinski definition) is 6. The lowest BCUT2D eigenvalue weighted by Gasteiger charge is -1.14. The molecule has 0 rings (SSSR count). The zero-order valence-corrected chi connectivity index (χ0v) is 5.99. The zero-order valence-electron chi connectivity index (χ0n) is 4.20. The Morgan fingerprint density at radius 3 is 0.875 bits per heavy atom. The maximum absolute atomic E-state index is 7.18. The molecule has 4 nitrogen and oxygen atoms in total. The van der Waals surface area contributed by atoms with Crippen molar-refractivity contribution in [3.63, 3.8) is 0 Å². The van der Waals surface area contributed by atoms with Crippen molar-refractivity contribution in [3.05, 3.63) is 0 Å². The molecule has 0 saturated heterocycles. The molecule has 0 fully saturated rings. The number of thiocyanates is 2. The van der Waals surface area contributed by atoms with Crippen LogP contribution in [0.4, 0.5) is 0 Å². The molecule has 48 valence electrons.